The van der Waals surface area contributed by atoms with E-state index in [-0.39, 0.29) is 5.82 Å². The fourth-order valence-electron chi connectivity index (χ4n) is 1.42. The molecule has 14 heavy (non-hydrogen) atoms. The molecule has 0 saturated heterocycles. The average Bonchev–Trinajstić information content (AvgIpc) is 2.20. The van der Waals surface area contributed by atoms with Crippen LogP contribution in [0.5, 0.6) is 0 Å². The van der Waals surface area contributed by atoms with Gasteiger partial charge in [0.25, 0.3) is 0 Å². The Hall–Kier alpha value is -0.540. The highest BCUT2D eigenvalue weighted by Crippen LogP contribution is 2.24. The number of thioether (sulfide) groups is 1. The van der Waals surface area contributed by atoms with E-state index in [9.17, 15) is 4.39 Å². The third-order valence-corrected chi connectivity index (χ3v) is 3.00. The van der Waals surface area contributed by atoms with Gasteiger partial charge in [-0.2, -0.15) is 0 Å². The molecule has 1 rings (SSSR count). The largest absolute Gasteiger partial charge is 0.330 e. The van der Waals surface area contributed by atoms with E-state index in [1.54, 1.807) is 17.8 Å². The summed E-state index contributed by atoms with van der Waals surface area (Å²) in [5, 5.41) is 0. The van der Waals surface area contributed by atoms with Crippen LogP contribution in [0, 0.1) is 5.82 Å². The highest BCUT2D eigenvalue weighted by atomic mass is 32.2. The number of benzene rings is 1. The van der Waals surface area contributed by atoms with Gasteiger partial charge >= 0.3 is 0 Å². The molecule has 0 spiro atoms. The molecule has 1 aromatic carbocycles. The fourth-order valence-corrected chi connectivity index (χ4v) is 2.08. The number of unbranched alkanes of at least 4 members (excludes halogenated alkanes) is 1. The van der Waals surface area contributed by atoms with Crippen molar-refractivity contribution in [2.24, 2.45) is 5.73 Å². The third kappa shape index (κ3) is 3.00. The quantitative estimate of drug-likeness (QED) is 0.601. The van der Waals surface area contributed by atoms with Crippen LogP contribution in [0.3, 0.4) is 0 Å². The third-order valence-electron chi connectivity index (χ3n) is 2.18. The average molecular weight is 213 g/mol. The van der Waals surface area contributed by atoms with E-state index in [1.807, 2.05) is 12.3 Å². The molecule has 3 heteroatoms. The van der Waals surface area contributed by atoms with Gasteiger partial charge in [0, 0.05) is 10.5 Å². The molecule has 0 saturated carbocycles. The van der Waals surface area contributed by atoms with E-state index in [0.717, 1.165) is 29.7 Å². The Morgan fingerprint density at radius 3 is 2.79 bits per heavy atom. The molecule has 0 bridgehead atoms. The molecule has 0 atom stereocenters. The van der Waals surface area contributed by atoms with Crippen molar-refractivity contribution in [1.29, 1.82) is 0 Å². The summed E-state index contributed by atoms with van der Waals surface area (Å²) in [7, 11) is 0. The maximum Gasteiger partial charge on any atom is 0.127 e. The Kier molecular flexibility index (Phi) is 4.98. The fraction of sp³-hybridized carbons (Fsp3) is 0.455. The number of hydrogen-bond acceptors (Lipinski definition) is 2. The lowest BCUT2D eigenvalue weighted by molar-refractivity contribution is 0.594. The molecule has 2 N–H and O–H groups in total. The second kappa shape index (κ2) is 6.04. The van der Waals surface area contributed by atoms with Crippen molar-refractivity contribution in [3.63, 3.8) is 0 Å². The van der Waals surface area contributed by atoms with Crippen molar-refractivity contribution >= 4 is 11.8 Å². The van der Waals surface area contributed by atoms with E-state index in [1.165, 1.54) is 6.07 Å². The van der Waals surface area contributed by atoms with Crippen LogP contribution in [-0.4, -0.2) is 12.8 Å². The number of nitrogens with two attached hydrogens (primary N) is 1. The van der Waals surface area contributed by atoms with Crippen molar-refractivity contribution < 1.29 is 4.39 Å². The molecular formula is C11H16FNS. The summed E-state index contributed by atoms with van der Waals surface area (Å²) in [4.78, 5) is 1.04. The zero-order valence-corrected chi connectivity index (χ0v) is 9.24. The van der Waals surface area contributed by atoms with E-state index < -0.39 is 0 Å². The molecule has 0 radical (unpaired) electrons. The monoisotopic (exact) mass is 213 g/mol. The highest BCUT2D eigenvalue weighted by Gasteiger charge is 2.06. The molecule has 0 aromatic heterocycles. The predicted octanol–water partition coefficient (Wildman–Crippen LogP) is 2.83. The van der Waals surface area contributed by atoms with Crippen molar-refractivity contribution in [3.8, 4) is 0 Å². The minimum atomic E-state index is -0.0890. The summed E-state index contributed by atoms with van der Waals surface area (Å²) in [5.41, 5.74) is 6.24. The van der Waals surface area contributed by atoms with Crippen LogP contribution in [-0.2, 0) is 6.42 Å². The predicted molar refractivity (Wildman–Crippen MR) is 60.2 cm³/mol. The van der Waals surface area contributed by atoms with Crippen LogP contribution in [0.1, 0.15) is 18.4 Å². The van der Waals surface area contributed by atoms with Crippen molar-refractivity contribution in [2.45, 2.75) is 24.2 Å². The Morgan fingerprint density at radius 2 is 2.14 bits per heavy atom. The van der Waals surface area contributed by atoms with Crippen LogP contribution in [0.2, 0.25) is 0 Å². The number of halogens is 1. The minimum Gasteiger partial charge on any atom is -0.330 e. The van der Waals surface area contributed by atoms with Gasteiger partial charge in [0.15, 0.2) is 0 Å². The first-order valence-corrected chi connectivity index (χ1v) is 6.03. The van der Waals surface area contributed by atoms with Crippen LogP contribution >= 0.6 is 11.8 Å². The topological polar surface area (TPSA) is 26.0 Å². The van der Waals surface area contributed by atoms with E-state index >= 15 is 0 Å². The maximum atomic E-state index is 13.4. The minimum absolute atomic E-state index is 0.0890. The Balaban J connectivity index is 2.72. The van der Waals surface area contributed by atoms with E-state index in [2.05, 4.69) is 0 Å². The molecular weight excluding hydrogens is 197 g/mol. The molecule has 0 unspecified atom stereocenters. The zero-order chi connectivity index (χ0) is 10.4. The van der Waals surface area contributed by atoms with Crippen molar-refractivity contribution in [3.05, 3.63) is 29.6 Å². The van der Waals surface area contributed by atoms with Crippen LogP contribution in [0.15, 0.2) is 23.1 Å². The molecule has 0 aliphatic carbocycles. The lowest BCUT2D eigenvalue weighted by atomic mass is 10.1. The van der Waals surface area contributed by atoms with Gasteiger partial charge in [-0.15, -0.1) is 11.8 Å². The lowest BCUT2D eigenvalue weighted by Gasteiger charge is -2.07. The molecule has 0 aliphatic heterocycles. The Labute approximate surface area is 88.9 Å². The van der Waals surface area contributed by atoms with Gasteiger partial charge in [-0.05, 0) is 44.2 Å². The molecule has 1 nitrogen and oxygen atoms in total. The second-order valence-corrected chi connectivity index (χ2v) is 4.01. The lowest BCUT2D eigenvalue weighted by Crippen LogP contribution is -2.00. The first-order chi connectivity index (χ1) is 6.79. The van der Waals surface area contributed by atoms with Gasteiger partial charge in [-0.1, -0.05) is 6.07 Å². The van der Waals surface area contributed by atoms with Crippen molar-refractivity contribution in [2.75, 3.05) is 12.8 Å². The van der Waals surface area contributed by atoms with Gasteiger partial charge in [0.2, 0.25) is 0 Å². The molecule has 0 aliphatic rings. The van der Waals surface area contributed by atoms with Crippen LogP contribution in [0.25, 0.3) is 0 Å². The van der Waals surface area contributed by atoms with Gasteiger partial charge in [-0.3, -0.25) is 0 Å². The van der Waals surface area contributed by atoms with Crippen molar-refractivity contribution in [1.82, 2.24) is 0 Å². The zero-order valence-electron chi connectivity index (χ0n) is 8.42. The highest BCUT2D eigenvalue weighted by molar-refractivity contribution is 7.98. The van der Waals surface area contributed by atoms with E-state index in [4.69, 9.17) is 5.73 Å². The normalized spacial score (nSPS) is 10.5. The number of rotatable bonds is 5. The maximum absolute atomic E-state index is 13.4. The smallest absolute Gasteiger partial charge is 0.127 e. The summed E-state index contributed by atoms with van der Waals surface area (Å²) >= 11 is 1.60. The molecule has 1 aromatic rings. The Bertz CT molecular complexity index is 289. The Morgan fingerprint density at radius 1 is 1.36 bits per heavy atom. The van der Waals surface area contributed by atoms with Crippen LogP contribution in [0.4, 0.5) is 4.39 Å². The van der Waals surface area contributed by atoms with Gasteiger partial charge in [0.1, 0.15) is 5.82 Å². The molecule has 78 valence electrons. The van der Waals surface area contributed by atoms with Gasteiger partial charge in [-0.25, -0.2) is 4.39 Å². The first kappa shape index (κ1) is 11.5. The SMILES string of the molecule is CSc1cccc(F)c1CCCCN. The summed E-state index contributed by atoms with van der Waals surface area (Å²) in [5.74, 6) is -0.0890. The summed E-state index contributed by atoms with van der Waals surface area (Å²) < 4.78 is 13.4. The summed E-state index contributed by atoms with van der Waals surface area (Å²) in [6.45, 7) is 0.684. The van der Waals surface area contributed by atoms with Gasteiger partial charge in [0.05, 0.1) is 0 Å². The number of hydrogen-bond donors (Lipinski definition) is 1. The summed E-state index contributed by atoms with van der Waals surface area (Å²) in [6.07, 6.45) is 4.69. The molecule has 0 heterocycles. The van der Waals surface area contributed by atoms with Gasteiger partial charge < -0.3 is 5.73 Å². The molecule has 0 fully saturated rings. The first-order valence-electron chi connectivity index (χ1n) is 4.81. The summed E-state index contributed by atoms with van der Waals surface area (Å²) in [6, 6.07) is 5.25. The van der Waals surface area contributed by atoms with E-state index in [0.29, 0.717) is 6.54 Å². The second-order valence-electron chi connectivity index (χ2n) is 3.17. The molecule has 0 amide bonds. The van der Waals surface area contributed by atoms with Crippen LogP contribution < -0.4 is 5.73 Å². The standard InChI is InChI=1S/C11H16FNS/c1-14-11-7-4-6-10(12)9(11)5-2-3-8-13/h4,6-7H,2-3,5,8,13H2,1H3.